The summed E-state index contributed by atoms with van der Waals surface area (Å²) >= 11 is 0. The lowest BCUT2D eigenvalue weighted by Crippen LogP contribution is -2.50. The third-order valence-electron chi connectivity index (χ3n) is 2.43. The van der Waals surface area contributed by atoms with E-state index in [1.807, 2.05) is 17.0 Å². The van der Waals surface area contributed by atoms with Gasteiger partial charge in [-0.1, -0.05) is 0 Å². The second-order valence-electron chi connectivity index (χ2n) is 3.68. The Kier molecular flexibility index (Phi) is 2.39. The monoisotopic (exact) mass is 194 g/mol. The molecule has 1 fully saturated rings. The van der Waals surface area contributed by atoms with Gasteiger partial charge in [-0.25, -0.2) is 0 Å². The normalized spacial score (nSPS) is 19.2. The molecule has 2 N–H and O–H groups in total. The van der Waals surface area contributed by atoms with Crippen LogP contribution in [0.25, 0.3) is 0 Å². The van der Waals surface area contributed by atoms with E-state index in [0.717, 1.165) is 5.69 Å². The lowest BCUT2D eigenvalue weighted by Gasteiger charge is -2.37. The topological polar surface area (TPSA) is 56.6 Å². The summed E-state index contributed by atoms with van der Waals surface area (Å²) in [5, 5.41) is 18.4. The second kappa shape index (κ2) is 3.55. The summed E-state index contributed by atoms with van der Waals surface area (Å²) in [4.78, 5) is 6.18. The minimum atomic E-state index is -0.522. The SMILES string of the molecule is C[C@H](O)c1ccc(N2CC(O)C2)cn1. The number of aliphatic hydroxyl groups is 2. The first-order chi connectivity index (χ1) is 6.66. The van der Waals surface area contributed by atoms with Gasteiger partial charge >= 0.3 is 0 Å². The van der Waals surface area contributed by atoms with Gasteiger partial charge < -0.3 is 15.1 Å². The Hall–Kier alpha value is -1.13. The molecule has 2 rings (SSSR count). The Bertz CT molecular complexity index is 304. The fourth-order valence-corrected chi connectivity index (χ4v) is 1.50. The molecule has 1 atom stereocenters. The first kappa shape index (κ1) is 9.43. The van der Waals surface area contributed by atoms with Gasteiger partial charge in [-0.2, -0.15) is 0 Å². The van der Waals surface area contributed by atoms with Crippen molar-refractivity contribution >= 4 is 5.69 Å². The Labute approximate surface area is 82.8 Å². The Morgan fingerprint density at radius 1 is 1.50 bits per heavy atom. The van der Waals surface area contributed by atoms with Gasteiger partial charge in [-0.15, -0.1) is 0 Å². The number of hydrogen-bond acceptors (Lipinski definition) is 4. The Morgan fingerprint density at radius 3 is 2.64 bits per heavy atom. The van der Waals surface area contributed by atoms with Crippen LogP contribution in [0.3, 0.4) is 0 Å². The molecule has 0 amide bonds. The van der Waals surface area contributed by atoms with Gasteiger partial charge in [0.1, 0.15) is 0 Å². The molecule has 0 unspecified atom stereocenters. The van der Waals surface area contributed by atoms with Crippen LogP contribution >= 0.6 is 0 Å². The maximum absolute atomic E-state index is 9.25. The molecule has 1 saturated heterocycles. The quantitative estimate of drug-likeness (QED) is 0.711. The highest BCUT2D eigenvalue weighted by atomic mass is 16.3. The number of anilines is 1. The minimum Gasteiger partial charge on any atom is -0.389 e. The molecule has 1 aliphatic heterocycles. The molecule has 0 bridgehead atoms. The van der Waals surface area contributed by atoms with Crippen molar-refractivity contribution in [3.05, 3.63) is 24.0 Å². The molecule has 1 aromatic heterocycles. The highest BCUT2D eigenvalue weighted by Gasteiger charge is 2.24. The molecule has 0 aromatic carbocycles. The molecule has 4 heteroatoms. The summed E-state index contributed by atoms with van der Waals surface area (Å²) in [5.41, 5.74) is 1.68. The molecular formula is C10H14N2O2. The van der Waals surface area contributed by atoms with E-state index in [2.05, 4.69) is 4.98 Å². The first-order valence-electron chi connectivity index (χ1n) is 4.74. The first-order valence-corrected chi connectivity index (χ1v) is 4.74. The fourth-order valence-electron chi connectivity index (χ4n) is 1.50. The van der Waals surface area contributed by atoms with Crippen molar-refractivity contribution in [1.82, 2.24) is 4.98 Å². The molecule has 0 radical (unpaired) electrons. The zero-order valence-corrected chi connectivity index (χ0v) is 8.09. The standard InChI is InChI=1S/C10H14N2O2/c1-7(13)10-3-2-8(4-11-10)12-5-9(14)6-12/h2-4,7,9,13-14H,5-6H2,1H3/t7-/m0/s1. The molecule has 14 heavy (non-hydrogen) atoms. The summed E-state index contributed by atoms with van der Waals surface area (Å²) < 4.78 is 0. The summed E-state index contributed by atoms with van der Waals surface area (Å²) in [6.45, 7) is 3.04. The molecular weight excluding hydrogens is 180 g/mol. The summed E-state index contributed by atoms with van der Waals surface area (Å²) in [7, 11) is 0. The smallest absolute Gasteiger partial charge is 0.0931 e. The molecule has 0 spiro atoms. The zero-order chi connectivity index (χ0) is 10.1. The Morgan fingerprint density at radius 2 is 2.21 bits per heavy atom. The van der Waals surface area contributed by atoms with Crippen LogP contribution < -0.4 is 4.90 Å². The number of rotatable bonds is 2. The van der Waals surface area contributed by atoms with Crippen LogP contribution in [0.5, 0.6) is 0 Å². The van der Waals surface area contributed by atoms with Gasteiger partial charge in [0, 0.05) is 13.1 Å². The number of hydrogen-bond donors (Lipinski definition) is 2. The van der Waals surface area contributed by atoms with Gasteiger partial charge in [0.15, 0.2) is 0 Å². The molecule has 76 valence electrons. The predicted molar refractivity (Wildman–Crippen MR) is 53.1 cm³/mol. The average Bonchev–Trinajstić information content (AvgIpc) is 2.13. The number of β-amino-alcohol motifs (C(OH)–C–C–N with tert-alkyl or cyclic N) is 1. The van der Waals surface area contributed by atoms with Gasteiger partial charge in [-0.05, 0) is 19.1 Å². The molecule has 0 aliphatic carbocycles. The molecule has 0 saturated carbocycles. The highest BCUT2D eigenvalue weighted by Crippen LogP contribution is 2.21. The van der Waals surface area contributed by atoms with Crippen LogP contribution in [-0.4, -0.2) is 34.4 Å². The van der Waals surface area contributed by atoms with E-state index < -0.39 is 6.10 Å². The minimum absolute atomic E-state index is 0.202. The van der Waals surface area contributed by atoms with Crippen LogP contribution in [0.2, 0.25) is 0 Å². The number of pyridine rings is 1. The van der Waals surface area contributed by atoms with Crippen LogP contribution in [0.1, 0.15) is 18.7 Å². The van der Waals surface area contributed by atoms with Crippen LogP contribution in [0.4, 0.5) is 5.69 Å². The van der Waals surface area contributed by atoms with Crippen molar-refractivity contribution in [3.8, 4) is 0 Å². The van der Waals surface area contributed by atoms with Crippen molar-refractivity contribution in [1.29, 1.82) is 0 Å². The maximum Gasteiger partial charge on any atom is 0.0931 e. The van der Waals surface area contributed by atoms with E-state index in [9.17, 15) is 5.11 Å². The maximum atomic E-state index is 9.25. The fraction of sp³-hybridized carbons (Fsp3) is 0.500. The van der Waals surface area contributed by atoms with E-state index in [4.69, 9.17) is 5.11 Å². The van der Waals surface area contributed by atoms with Crippen molar-refractivity contribution < 1.29 is 10.2 Å². The van der Waals surface area contributed by atoms with E-state index in [1.54, 1.807) is 13.1 Å². The third kappa shape index (κ3) is 1.71. The van der Waals surface area contributed by atoms with E-state index >= 15 is 0 Å². The summed E-state index contributed by atoms with van der Waals surface area (Å²) in [5.74, 6) is 0. The number of aliphatic hydroxyl groups excluding tert-OH is 2. The number of aromatic nitrogens is 1. The van der Waals surface area contributed by atoms with Crippen molar-refractivity contribution in [2.24, 2.45) is 0 Å². The third-order valence-corrected chi connectivity index (χ3v) is 2.43. The van der Waals surface area contributed by atoms with Gasteiger partial charge in [0.25, 0.3) is 0 Å². The van der Waals surface area contributed by atoms with Crippen LogP contribution in [-0.2, 0) is 0 Å². The molecule has 1 aromatic rings. The largest absolute Gasteiger partial charge is 0.389 e. The van der Waals surface area contributed by atoms with E-state index in [0.29, 0.717) is 18.8 Å². The molecule has 4 nitrogen and oxygen atoms in total. The summed E-state index contributed by atoms with van der Waals surface area (Å²) in [6.07, 6.45) is 1.01. The summed E-state index contributed by atoms with van der Waals surface area (Å²) in [6, 6.07) is 3.73. The van der Waals surface area contributed by atoms with Gasteiger partial charge in [0.05, 0.1) is 29.8 Å². The van der Waals surface area contributed by atoms with Crippen molar-refractivity contribution in [3.63, 3.8) is 0 Å². The lowest BCUT2D eigenvalue weighted by atomic mass is 10.1. The van der Waals surface area contributed by atoms with Crippen molar-refractivity contribution in [2.45, 2.75) is 19.1 Å². The highest BCUT2D eigenvalue weighted by molar-refractivity contribution is 5.47. The predicted octanol–water partition coefficient (Wildman–Crippen LogP) is 0.316. The van der Waals surface area contributed by atoms with E-state index in [-0.39, 0.29) is 6.10 Å². The van der Waals surface area contributed by atoms with Gasteiger partial charge in [0.2, 0.25) is 0 Å². The van der Waals surface area contributed by atoms with Crippen LogP contribution in [0, 0.1) is 0 Å². The van der Waals surface area contributed by atoms with E-state index in [1.165, 1.54) is 0 Å². The lowest BCUT2D eigenvalue weighted by molar-refractivity contribution is 0.142. The van der Waals surface area contributed by atoms with Crippen molar-refractivity contribution in [2.75, 3.05) is 18.0 Å². The average molecular weight is 194 g/mol. The zero-order valence-electron chi connectivity index (χ0n) is 8.09. The van der Waals surface area contributed by atoms with Gasteiger partial charge in [-0.3, -0.25) is 4.98 Å². The number of nitrogens with zero attached hydrogens (tertiary/aromatic N) is 2. The molecule has 1 aliphatic rings. The Balaban J connectivity index is 2.07. The second-order valence-corrected chi connectivity index (χ2v) is 3.68. The van der Waals surface area contributed by atoms with Crippen LogP contribution in [0.15, 0.2) is 18.3 Å². The molecule has 2 heterocycles.